The number of hydrogen-bond acceptors (Lipinski definition) is 4. The van der Waals surface area contributed by atoms with Crippen molar-refractivity contribution in [2.45, 2.75) is 64.3 Å². The summed E-state index contributed by atoms with van der Waals surface area (Å²) in [6.45, 7) is 2.81. The lowest BCUT2D eigenvalue weighted by molar-refractivity contribution is 0.0979. The third-order valence-electron chi connectivity index (χ3n) is 7.32. The van der Waals surface area contributed by atoms with Crippen molar-refractivity contribution in [3.8, 4) is 0 Å². The van der Waals surface area contributed by atoms with Gasteiger partial charge in [-0.3, -0.25) is 9.69 Å². The van der Waals surface area contributed by atoms with Gasteiger partial charge in [0.15, 0.2) is 0 Å². The highest BCUT2D eigenvalue weighted by Crippen LogP contribution is 2.29. The van der Waals surface area contributed by atoms with Crippen LogP contribution in [-0.4, -0.2) is 22.4 Å². The summed E-state index contributed by atoms with van der Waals surface area (Å²) in [4.78, 5) is 25.0. The zero-order valence-corrected chi connectivity index (χ0v) is 20.0. The maximum atomic E-state index is 13.8. The van der Waals surface area contributed by atoms with Crippen molar-refractivity contribution in [2.75, 3.05) is 16.8 Å². The van der Waals surface area contributed by atoms with Gasteiger partial charge in [-0.05, 0) is 79.8 Å². The molecule has 3 aromatic rings. The van der Waals surface area contributed by atoms with Crippen molar-refractivity contribution in [3.05, 3.63) is 83.0 Å². The van der Waals surface area contributed by atoms with Crippen LogP contribution in [0.5, 0.6) is 0 Å². The maximum absolute atomic E-state index is 13.8. The largest absolute Gasteiger partial charge is 0.348 e. The van der Waals surface area contributed by atoms with Crippen molar-refractivity contribution in [2.24, 2.45) is 5.92 Å². The highest BCUT2D eigenvalue weighted by atomic mass is 16.2. The molecule has 34 heavy (non-hydrogen) atoms. The summed E-state index contributed by atoms with van der Waals surface area (Å²) < 4.78 is 0. The summed E-state index contributed by atoms with van der Waals surface area (Å²) in [6, 6.07) is 18.4. The number of fused-ring (bicyclic) bond motifs is 1. The van der Waals surface area contributed by atoms with Gasteiger partial charge in [0.05, 0.1) is 6.04 Å². The van der Waals surface area contributed by atoms with Crippen LogP contribution in [0.1, 0.15) is 78.5 Å². The fourth-order valence-corrected chi connectivity index (χ4v) is 5.36. The lowest BCUT2D eigenvalue weighted by Gasteiger charge is -2.29. The predicted octanol–water partition coefficient (Wildman–Crippen LogP) is 6.37. The Bertz CT molecular complexity index is 1120. The van der Waals surface area contributed by atoms with Gasteiger partial charge in [0.25, 0.3) is 5.91 Å². The van der Waals surface area contributed by atoms with Gasteiger partial charge >= 0.3 is 0 Å². The molecule has 0 radical (unpaired) electrons. The van der Waals surface area contributed by atoms with Crippen LogP contribution in [0.15, 0.2) is 60.8 Å². The van der Waals surface area contributed by atoms with Gasteiger partial charge in [0.2, 0.25) is 5.95 Å². The molecule has 1 N–H and O–H groups in total. The van der Waals surface area contributed by atoms with E-state index in [9.17, 15) is 4.79 Å². The van der Waals surface area contributed by atoms with Crippen LogP contribution in [-0.2, 0) is 12.8 Å². The Kier molecular flexibility index (Phi) is 6.89. The third kappa shape index (κ3) is 5.14. The standard InChI is InChI=1S/C29H34N4O/c1-21(23-11-6-3-7-12-23)31-29-30-18-17-27(32-29)33(20-22-9-4-2-5-10-22)28(34)26-16-15-24-13-8-14-25(24)19-26/h3,6-7,11-12,15-19,21-22H,2,4-5,8-10,13-14,20H2,1H3,(H,30,31,32)/t21-/m0/s1. The minimum Gasteiger partial charge on any atom is -0.348 e. The second-order valence-electron chi connectivity index (χ2n) is 9.77. The molecule has 2 aliphatic rings. The first-order valence-electron chi connectivity index (χ1n) is 12.8. The first-order valence-corrected chi connectivity index (χ1v) is 12.8. The summed E-state index contributed by atoms with van der Waals surface area (Å²) in [5.41, 5.74) is 4.65. The quantitative estimate of drug-likeness (QED) is 0.451. The van der Waals surface area contributed by atoms with E-state index < -0.39 is 0 Å². The normalized spacial score (nSPS) is 16.6. The molecule has 1 aromatic heterocycles. The molecule has 5 heteroatoms. The van der Waals surface area contributed by atoms with Crippen LogP contribution < -0.4 is 10.2 Å². The van der Waals surface area contributed by atoms with Crippen LogP contribution in [0.4, 0.5) is 11.8 Å². The average Bonchev–Trinajstić information content (AvgIpc) is 3.36. The highest BCUT2D eigenvalue weighted by molar-refractivity contribution is 6.05. The second kappa shape index (κ2) is 10.4. The first kappa shape index (κ1) is 22.6. The molecule has 5 nitrogen and oxygen atoms in total. The molecule has 0 saturated heterocycles. The van der Waals surface area contributed by atoms with Crippen LogP contribution in [0.2, 0.25) is 0 Å². The number of hydrogen-bond donors (Lipinski definition) is 1. The number of amides is 1. The Morgan fingerprint density at radius 2 is 1.79 bits per heavy atom. The number of nitrogens with one attached hydrogen (secondary N) is 1. The molecule has 1 fully saturated rings. The van der Waals surface area contributed by atoms with E-state index in [2.05, 4.69) is 41.5 Å². The number of aryl methyl sites for hydroxylation is 2. The van der Waals surface area contributed by atoms with Gasteiger partial charge in [-0.25, -0.2) is 4.98 Å². The molecule has 0 spiro atoms. The van der Waals surface area contributed by atoms with Crippen molar-refractivity contribution < 1.29 is 4.79 Å². The van der Waals surface area contributed by atoms with Gasteiger partial charge in [-0.15, -0.1) is 0 Å². The van der Waals surface area contributed by atoms with Gasteiger partial charge in [0, 0.05) is 18.3 Å². The van der Waals surface area contributed by atoms with Gasteiger partial charge in [0.1, 0.15) is 5.82 Å². The number of rotatable bonds is 7. The number of aromatic nitrogens is 2. The smallest absolute Gasteiger partial charge is 0.259 e. The minimum atomic E-state index is 0.0426. The summed E-state index contributed by atoms with van der Waals surface area (Å²) >= 11 is 0. The van der Waals surface area contributed by atoms with Crippen LogP contribution in [0.3, 0.4) is 0 Å². The summed E-state index contributed by atoms with van der Waals surface area (Å²) in [7, 11) is 0. The summed E-state index contributed by atoms with van der Waals surface area (Å²) in [6.07, 6.45) is 11.3. The SMILES string of the molecule is C[C@H](Nc1nccc(N(CC2CCCCC2)C(=O)c2ccc3c(c2)CCC3)n1)c1ccccc1. The van der Waals surface area contributed by atoms with E-state index in [1.807, 2.05) is 35.2 Å². The zero-order chi connectivity index (χ0) is 23.3. The van der Waals surface area contributed by atoms with Gasteiger partial charge < -0.3 is 5.32 Å². The Hall–Kier alpha value is -3.21. The molecule has 0 unspecified atom stereocenters. The zero-order valence-electron chi connectivity index (χ0n) is 20.0. The maximum Gasteiger partial charge on any atom is 0.259 e. The summed E-state index contributed by atoms with van der Waals surface area (Å²) in [5.74, 6) is 1.78. The fourth-order valence-electron chi connectivity index (χ4n) is 5.36. The van der Waals surface area contributed by atoms with E-state index >= 15 is 0 Å². The predicted molar refractivity (Wildman–Crippen MR) is 137 cm³/mol. The van der Waals surface area contributed by atoms with Crippen LogP contribution >= 0.6 is 0 Å². The van der Waals surface area contributed by atoms with Crippen molar-refractivity contribution in [1.29, 1.82) is 0 Å². The molecule has 1 saturated carbocycles. The highest BCUT2D eigenvalue weighted by Gasteiger charge is 2.26. The van der Waals surface area contributed by atoms with Crippen molar-refractivity contribution >= 4 is 17.7 Å². The van der Waals surface area contributed by atoms with Crippen molar-refractivity contribution in [3.63, 3.8) is 0 Å². The number of carbonyl (C=O) groups excluding carboxylic acids is 1. The number of anilines is 2. The monoisotopic (exact) mass is 454 g/mol. The molecular weight excluding hydrogens is 420 g/mol. The van der Waals surface area contributed by atoms with Crippen LogP contribution in [0.25, 0.3) is 0 Å². The van der Waals surface area contributed by atoms with Gasteiger partial charge in [-0.2, -0.15) is 4.98 Å². The van der Waals surface area contributed by atoms with E-state index in [4.69, 9.17) is 4.98 Å². The molecule has 1 atom stereocenters. The average molecular weight is 455 g/mol. The molecule has 5 rings (SSSR count). The number of carbonyl (C=O) groups is 1. The molecule has 2 aliphatic carbocycles. The second-order valence-corrected chi connectivity index (χ2v) is 9.77. The Morgan fingerprint density at radius 1 is 1.00 bits per heavy atom. The van der Waals surface area contributed by atoms with Gasteiger partial charge in [-0.1, -0.05) is 55.7 Å². The lowest BCUT2D eigenvalue weighted by Crippen LogP contribution is -2.37. The van der Waals surface area contributed by atoms with E-state index in [0.29, 0.717) is 24.2 Å². The number of nitrogens with zero attached hydrogens (tertiary/aromatic N) is 3. The Morgan fingerprint density at radius 3 is 2.62 bits per heavy atom. The van der Waals surface area contributed by atoms with E-state index in [1.54, 1.807) is 6.20 Å². The molecule has 2 aromatic carbocycles. The van der Waals surface area contributed by atoms with E-state index in [0.717, 1.165) is 18.4 Å². The summed E-state index contributed by atoms with van der Waals surface area (Å²) in [5, 5.41) is 3.41. The Balaban J connectivity index is 1.41. The topological polar surface area (TPSA) is 58.1 Å². The number of benzene rings is 2. The fraction of sp³-hybridized carbons (Fsp3) is 0.414. The molecule has 1 amide bonds. The third-order valence-corrected chi connectivity index (χ3v) is 7.32. The molecule has 0 bridgehead atoms. The minimum absolute atomic E-state index is 0.0426. The van der Waals surface area contributed by atoms with Crippen molar-refractivity contribution in [1.82, 2.24) is 9.97 Å². The molecule has 1 heterocycles. The Labute approximate surface area is 202 Å². The van der Waals surface area contributed by atoms with E-state index in [1.165, 1.54) is 55.2 Å². The lowest BCUT2D eigenvalue weighted by atomic mass is 9.89. The van der Waals surface area contributed by atoms with E-state index in [-0.39, 0.29) is 11.9 Å². The first-order chi connectivity index (χ1) is 16.7. The van der Waals surface area contributed by atoms with Crippen LogP contribution in [0, 0.1) is 5.92 Å². The molecule has 0 aliphatic heterocycles. The molecule has 176 valence electrons. The molecular formula is C29H34N4O.